The fourth-order valence-electron chi connectivity index (χ4n) is 3.02. The van der Waals surface area contributed by atoms with E-state index in [1.54, 1.807) is 36.4 Å². The first-order valence-corrected chi connectivity index (χ1v) is 8.96. The number of ketones is 2. The van der Waals surface area contributed by atoms with Crippen molar-refractivity contribution in [3.05, 3.63) is 101 Å². The molecule has 0 unspecified atom stereocenters. The molecule has 1 heterocycles. The van der Waals surface area contributed by atoms with Gasteiger partial charge in [-0.25, -0.2) is 0 Å². The number of benzene rings is 3. The van der Waals surface area contributed by atoms with Crippen LogP contribution < -0.4 is 9.47 Å². The van der Waals surface area contributed by atoms with Crippen molar-refractivity contribution in [2.24, 2.45) is 0 Å². The average molecular weight is 370 g/mol. The van der Waals surface area contributed by atoms with Gasteiger partial charge in [-0.3, -0.25) is 9.59 Å². The Kier molecular flexibility index (Phi) is 4.77. The number of ether oxygens (including phenoxy) is 2. The van der Waals surface area contributed by atoms with Gasteiger partial charge in [0.2, 0.25) is 5.78 Å². The van der Waals surface area contributed by atoms with Crippen molar-refractivity contribution < 1.29 is 19.1 Å². The van der Waals surface area contributed by atoms with Gasteiger partial charge in [-0.15, -0.1) is 0 Å². The van der Waals surface area contributed by atoms with Crippen molar-refractivity contribution in [2.45, 2.75) is 6.92 Å². The van der Waals surface area contributed by atoms with Gasteiger partial charge in [-0.05, 0) is 30.7 Å². The van der Waals surface area contributed by atoms with Crippen LogP contribution in [0.2, 0.25) is 0 Å². The Morgan fingerprint density at radius 2 is 1.82 bits per heavy atom. The summed E-state index contributed by atoms with van der Waals surface area (Å²) in [7, 11) is 0. The van der Waals surface area contributed by atoms with E-state index in [2.05, 4.69) is 0 Å². The van der Waals surface area contributed by atoms with Gasteiger partial charge >= 0.3 is 0 Å². The van der Waals surface area contributed by atoms with Crippen LogP contribution in [0.5, 0.6) is 11.5 Å². The van der Waals surface area contributed by atoms with Crippen LogP contribution in [-0.2, 0) is 0 Å². The maximum absolute atomic E-state index is 12.6. The lowest BCUT2D eigenvalue weighted by Crippen LogP contribution is -2.11. The predicted octanol–water partition coefficient (Wildman–Crippen LogP) is 4.87. The van der Waals surface area contributed by atoms with Crippen LogP contribution in [0.3, 0.4) is 0 Å². The molecular formula is C24H18O4. The second-order valence-electron chi connectivity index (χ2n) is 6.59. The standard InChI is InChI=1S/C24H18O4/c1-16-6-5-7-17(12-16)13-23-24(26)20-11-10-19(14-22(20)28-23)27-15-21(25)18-8-3-2-4-9-18/h2-14H,15H2,1H3/b23-13-. The number of allylic oxidation sites excluding steroid dienone is 1. The molecule has 0 saturated carbocycles. The minimum Gasteiger partial charge on any atom is -0.485 e. The van der Waals surface area contributed by atoms with E-state index in [1.807, 2.05) is 49.4 Å². The summed E-state index contributed by atoms with van der Waals surface area (Å²) >= 11 is 0. The molecule has 0 spiro atoms. The maximum Gasteiger partial charge on any atom is 0.231 e. The summed E-state index contributed by atoms with van der Waals surface area (Å²) in [5.41, 5.74) is 3.09. The monoisotopic (exact) mass is 370 g/mol. The molecule has 3 aromatic rings. The van der Waals surface area contributed by atoms with E-state index in [0.29, 0.717) is 22.6 Å². The Balaban J connectivity index is 1.49. The molecule has 138 valence electrons. The Bertz CT molecular complexity index is 1080. The minimum atomic E-state index is -0.164. The summed E-state index contributed by atoms with van der Waals surface area (Å²) in [6.45, 7) is 1.91. The van der Waals surface area contributed by atoms with Gasteiger partial charge in [0.25, 0.3) is 0 Å². The molecule has 0 fully saturated rings. The second-order valence-corrected chi connectivity index (χ2v) is 6.59. The largest absolute Gasteiger partial charge is 0.485 e. The third-order valence-electron chi connectivity index (χ3n) is 4.45. The van der Waals surface area contributed by atoms with E-state index >= 15 is 0 Å². The van der Waals surface area contributed by atoms with Crippen LogP contribution in [0, 0.1) is 6.92 Å². The van der Waals surface area contributed by atoms with Gasteiger partial charge < -0.3 is 9.47 Å². The molecular weight excluding hydrogens is 352 g/mol. The summed E-state index contributed by atoms with van der Waals surface area (Å²) in [5, 5.41) is 0. The molecule has 0 amide bonds. The summed E-state index contributed by atoms with van der Waals surface area (Å²) < 4.78 is 11.3. The molecule has 0 radical (unpaired) electrons. The van der Waals surface area contributed by atoms with Crippen LogP contribution >= 0.6 is 0 Å². The summed E-state index contributed by atoms with van der Waals surface area (Å²) in [6.07, 6.45) is 1.73. The summed E-state index contributed by atoms with van der Waals surface area (Å²) in [6, 6.07) is 21.8. The smallest absolute Gasteiger partial charge is 0.231 e. The SMILES string of the molecule is Cc1cccc(/C=C2\Oc3cc(OCC(=O)c4ccccc4)ccc3C2=O)c1. The highest BCUT2D eigenvalue weighted by molar-refractivity contribution is 6.14. The molecule has 3 aromatic carbocycles. The number of hydrogen-bond donors (Lipinski definition) is 0. The number of fused-ring (bicyclic) bond motifs is 1. The Hall–Kier alpha value is -3.66. The van der Waals surface area contributed by atoms with Crippen LogP contribution in [0.1, 0.15) is 31.8 Å². The third-order valence-corrected chi connectivity index (χ3v) is 4.45. The number of rotatable bonds is 5. The third kappa shape index (κ3) is 3.71. The zero-order valence-corrected chi connectivity index (χ0v) is 15.3. The first-order valence-electron chi connectivity index (χ1n) is 8.96. The van der Waals surface area contributed by atoms with Crippen molar-refractivity contribution in [2.75, 3.05) is 6.61 Å². The number of Topliss-reactive ketones (excluding diaryl/α,β-unsaturated/α-hetero) is 2. The van der Waals surface area contributed by atoms with Gasteiger partial charge in [0.15, 0.2) is 18.1 Å². The lowest BCUT2D eigenvalue weighted by Gasteiger charge is -2.06. The fourth-order valence-corrected chi connectivity index (χ4v) is 3.02. The number of hydrogen-bond acceptors (Lipinski definition) is 4. The maximum atomic E-state index is 12.6. The van der Waals surface area contributed by atoms with Crippen molar-refractivity contribution in [3.63, 3.8) is 0 Å². The molecule has 0 bridgehead atoms. The molecule has 28 heavy (non-hydrogen) atoms. The van der Waals surface area contributed by atoms with Crippen molar-refractivity contribution in [3.8, 4) is 11.5 Å². The molecule has 0 saturated heterocycles. The fraction of sp³-hybridized carbons (Fsp3) is 0.0833. The van der Waals surface area contributed by atoms with E-state index in [0.717, 1.165) is 11.1 Å². The highest BCUT2D eigenvalue weighted by atomic mass is 16.5. The van der Waals surface area contributed by atoms with Gasteiger partial charge in [0.1, 0.15) is 11.5 Å². The summed E-state index contributed by atoms with van der Waals surface area (Å²) in [4.78, 5) is 24.7. The molecule has 0 N–H and O–H groups in total. The molecule has 4 nitrogen and oxygen atoms in total. The van der Waals surface area contributed by atoms with E-state index in [4.69, 9.17) is 9.47 Å². The molecule has 1 aliphatic rings. The van der Waals surface area contributed by atoms with Crippen molar-refractivity contribution in [1.82, 2.24) is 0 Å². The second kappa shape index (κ2) is 7.53. The number of carbonyl (C=O) groups is 2. The Morgan fingerprint density at radius 1 is 1.00 bits per heavy atom. The molecule has 4 heteroatoms. The van der Waals surface area contributed by atoms with E-state index < -0.39 is 0 Å². The Morgan fingerprint density at radius 3 is 2.61 bits per heavy atom. The van der Waals surface area contributed by atoms with Crippen LogP contribution in [-0.4, -0.2) is 18.2 Å². The van der Waals surface area contributed by atoms with E-state index in [1.165, 1.54) is 0 Å². The lowest BCUT2D eigenvalue weighted by molar-refractivity contribution is 0.0921. The van der Waals surface area contributed by atoms with Crippen molar-refractivity contribution in [1.29, 1.82) is 0 Å². The van der Waals surface area contributed by atoms with Gasteiger partial charge in [-0.2, -0.15) is 0 Å². The van der Waals surface area contributed by atoms with Crippen LogP contribution in [0.4, 0.5) is 0 Å². The highest BCUT2D eigenvalue weighted by Gasteiger charge is 2.27. The number of carbonyl (C=O) groups excluding carboxylic acids is 2. The van der Waals surface area contributed by atoms with Crippen LogP contribution in [0.15, 0.2) is 78.6 Å². The highest BCUT2D eigenvalue weighted by Crippen LogP contribution is 2.35. The summed E-state index contributed by atoms with van der Waals surface area (Å²) in [5.74, 6) is 0.917. The van der Waals surface area contributed by atoms with Crippen LogP contribution in [0.25, 0.3) is 6.08 Å². The topological polar surface area (TPSA) is 52.6 Å². The van der Waals surface area contributed by atoms with Crippen molar-refractivity contribution >= 4 is 17.6 Å². The van der Waals surface area contributed by atoms with E-state index in [9.17, 15) is 9.59 Å². The molecule has 1 aliphatic heterocycles. The Labute approximate surface area is 163 Å². The molecule has 0 aromatic heterocycles. The molecule has 0 atom stereocenters. The van der Waals surface area contributed by atoms with Gasteiger partial charge in [0.05, 0.1) is 5.56 Å². The zero-order valence-electron chi connectivity index (χ0n) is 15.3. The predicted molar refractivity (Wildman–Crippen MR) is 107 cm³/mol. The lowest BCUT2D eigenvalue weighted by atomic mass is 10.1. The molecule has 0 aliphatic carbocycles. The minimum absolute atomic E-state index is 0.0806. The molecule has 4 rings (SSSR count). The first-order chi connectivity index (χ1) is 13.6. The first kappa shape index (κ1) is 17.7. The van der Waals surface area contributed by atoms with E-state index in [-0.39, 0.29) is 23.9 Å². The zero-order chi connectivity index (χ0) is 19.5. The number of aryl methyl sites for hydroxylation is 1. The quantitative estimate of drug-likeness (QED) is 0.475. The average Bonchev–Trinajstić information content (AvgIpc) is 3.01. The van der Waals surface area contributed by atoms with Gasteiger partial charge in [-0.1, -0.05) is 60.2 Å². The van der Waals surface area contributed by atoms with Gasteiger partial charge in [0, 0.05) is 11.6 Å². The normalized spacial score (nSPS) is 13.9.